The summed E-state index contributed by atoms with van der Waals surface area (Å²) >= 11 is 3.63. The lowest BCUT2D eigenvalue weighted by atomic mass is 10.2. The maximum atomic E-state index is 4.13. The molecule has 0 unspecified atom stereocenters. The Morgan fingerprint density at radius 3 is 2.69 bits per heavy atom. The van der Waals surface area contributed by atoms with Crippen molar-refractivity contribution >= 4 is 26.8 Å². The Balaban J connectivity index is 2.29. The molecule has 0 aliphatic carbocycles. The number of H-pyrrole nitrogens is 1. The van der Waals surface area contributed by atoms with Crippen LogP contribution in [-0.2, 0) is 0 Å². The van der Waals surface area contributed by atoms with Crippen molar-refractivity contribution in [3.05, 3.63) is 53.3 Å². The van der Waals surface area contributed by atoms with Crippen LogP contribution in [0.1, 0.15) is 0 Å². The van der Waals surface area contributed by atoms with Gasteiger partial charge in [0.2, 0.25) is 0 Å². The van der Waals surface area contributed by atoms with E-state index in [4.69, 9.17) is 0 Å². The number of hydrogen-bond donors (Lipinski definition) is 1. The molecule has 2 aromatic heterocycles. The fourth-order valence-electron chi connectivity index (χ4n) is 1.82. The molecule has 1 aromatic carbocycles. The van der Waals surface area contributed by atoms with Gasteiger partial charge in [0.05, 0.1) is 10.2 Å². The van der Waals surface area contributed by atoms with Crippen LogP contribution in [0.15, 0.2) is 53.3 Å². The molecule has 0 spiro atoms. The fraction of sp³-hybridized carbons (Fsp3) is 0. The number of para-hydroxylation sites is 1. The number of benzene rings is 1. The summed E-state index contributed by atoms with van der Waals surface area (Å²) in [6.45, 7) is 0. The lowest BCUT2D eigenvalue weighted by molar-refractivity contribution is 1.31. The molecular formula is C13H9BrN2. The van der Waals surface area contributed by atoms with Gasteiger partial charge in [0.1, 0.15) is 0 Å². The van der Waals surface area contributed by atoms with Gasteiger partial charge in [0, 0.05) is 28.9 Å². The average molecular weight is 273 g/mol. The van der Waals surface area contributed by atoms with Crippen molar-refractivity contribution in [1.29, 1.82) is 0 Å². The molecule has 3 rings (SSSR count). The molecule has 0 saturated carbocycles. The van der Waals surface area contributed by atoms with Gasteiger partial charge < -0.3 is 4.98 Å². The zero-order valence-corrected chi connectivity index (χ0v) is 10.0. The number of nitrogens with one attached hydrogen (secondary N) is 1. The first kappa shape index (κ1) is 9.60. The summed E-state index contributed by atoms with van der Waals surface area (Å²) in [7, 11) is 0. The van der Waals surface area contributed by atoms with E-state index < -0.39 is 0 Å². The maximum Gasteiger partial charge on any atom is 0.0624 e. The first-order chi connectivity index (χ1) is 7.86. The number of fused-ring (bicyclic) bond motifs is 1. The zero-order valence-electron chi connectivity index (χ0n) is 8.44. The van der Waals surface area contributed by atoms with Crippen molar-refractivity contribution in [3.63, 3.8) is 0 Å². The number of pyridine rings is 1. The molecule has 0 aliphatic heterocycles. The first-order valence-electron chi connectivity index (χ1n) is 5.03. The van der Waals surface area contributed by atoms with Crippen molar-refractivity contribution in [2.45, 2.75) is 0 Å². The summed E-state index contributed by atoms with van der Waals surface area (Å²) in [5.41, 5.74) is 3.30. The van der Waals surface area contributed by atoms with E-state index in [-0.39, 0.29) is 0 Å². The molecule has 0 bridgehead atoms. The van der Waals surface area contributed by atoms with Crippen LogP contribution in [0.3, 0.4) is 0 Å². The van der Waals surface area contributed by atoms with Crippen LogP contribution < -0.4 is 0 Å². The normalized spacial score (nSPS) is 10.8. The largest absolute Gasteiger partial charge is 0.354 e. The summed E-state index contributed by atoms with van der Waals surface area (Å²) in [6.07, 6.45) is 3.63. The predicted octanol–water partition coefficient (Wildman–Crippen LogP) is 3.99. The van der Waals surface area contributed by atoms with Gasteiger partial charge in [-0.15, -0.1) is 0 Å². The third-order valence-corrected chi connectivity index (χ3v) is 3.42. The number of hydrogen-bond acceptors (Lipinski definition) is 1. The standard InChI is InChI=1S/C13H9BrN2/c14-12-10-5-1-2-6-11(10)16-13(12)9-4-3-7-15-8-9/h1-8,16H. The van der Waals surface area contributed by atoms with Gasteiger partial charge >= 0.3 is 0 Å². The minimum atomic E-state index is 1.08. The van der Waals surface area contributed by atoms with Crippen LogP contribution in [-0.4, -0.2) is 9.97 Å². The first-order valence-corrected chi connectivity index (χ1v) is 5.82. The van der Waals surface area contributed by atoms with Crippen LogP contribution in [0.25, 0.3) is 22.2 Å². The quantitative estimate of drug-likeness (QED) is 0.713. The van der Waals surface area contributed by atoms with Crippen LogP contribution in [0.2, 0.25) is 0 Å². The molecule has 0 fully saturated rings. The van der Waals surface area contributed by atoms with Crippen molar-refractivity contribution in [2.75, 3.05) is 0 Å². The van der Waals surface area contributed by atoms with Crippen LogP contribution in [0, 0.1) is 0 Å². The molecule has 0 radical (unpaired) electrons. The van der Waals surface area contributed by atoms with Gasteiger partial charge in [-0.1, -0.05) is 18.2 Å². The van der Waals surface area contributed by atoms with Gasteiger partial charge in [-0.2, -0.15) is 0 Å². The highest BCUT2D eigenvalue weighted by Crippen LogP contribution is 2.33. The van der Waals surface area contributed by atoms with E-state index in [0.717, 1.165) is 21.2 Å². The van der Waals surface area contributed by atoms with E-state index in [0.29, 0.717) is 0 Å². The van der Waals surface area contributed by atoms with E-state index in [9.17, 15) is 0 Å². The van der Waals surface area contributed by atoms with E-state index in [1.165, 1.54) is 5.39 Å². The molecule has 3 heteroatoms. The monoisotopic (exact) mass is 272 g/mol. The molecular weight excluding hydrogens is 264 g/mol. The molecule has 0 saturated heterocycles. The lowest BCUT2D eigenvalue weighted by Gasteiger charge is -1.97. The Morgan fingerprint density at radius 1 is 1.06 bits per heavy atom. The topological polar surface area (TPSA) is 28.7 Å². The maximum absolute atomic E-state index is 4.13. The molecule has 2 nitrogen and oxygen atoms in total. The second kappa shape index (κ2) is 3.76. The number of aromatic amines is 1. The zero-order chi connectivity index (χ0) is 11.0. The Kier molecular flexibility index (Phi) is 2.26. The smallest absolute Gasteiger partial charge is 0.0624 e. The van der Waals surface area contributed by atoms with E-state index in [1.54, 1.807) is 6.20 Å². The molecule has 78 valence electrons. The Hall–Kier alpha value is -1.61. The lowest BCUT2D eigenvalue weighted by Crippen LogP contribution is -1.79. The summed E-state index contributed by atoms with van der Waals surface area (Å²) in [6, 6.07) is 12.2. The van der Waals surface area contributed by atoms with E-state index >= 15 is 0 Å². The summed E-state index contributed by atoms with van der Waals surface area (Å²) in [5.74, 6) is 0. The Morgan fingerprint density at radius 2 is 1.94 bits per heavy atom. The van der Waals surface area contributed by atoms with Crippen LogP contribution in [0.5, 0.6) is 0 Å². The SMILES string of the molecule is Brc1c(-c2cccnc2)[nH]c2ccccc12. The van der Waals surface area contributed by atoms with E-state index in [1.807, 2.05) is 30.5 Å². The van der Waals surface area contributed by atoms with Crippen molar-refractivity contribution < 1.29 is 0 Å². The molecule has 0 aliphatic rings. The number of rotatable bonds is 1. The van der Waals surface area contributed by atoms with E-state index in [2.05, 4.69) is 38.0 Å². The molecule has 0 atom stereocenters. The highest BCUT2D eigenvalue weighted by molar-refractivity contribution is 9.10. The van der Waals surface area contributed by atoms with Crippen molar-refractivity contribution in [1.82, 2.24) is 9.97 Å². The third kappa shape index (κ3) is 1.44. The molecule has 1 N–H and O–H groups in total. The fourth-order valence-corrected chi connectivity index (χ4v) is 2.49. The second-order valence-corrected chi connectivity index (χ2v) is 4.39. The Bertz CT molecular complexity index is 629. The van der Waals surface area contributed by atoms with Gasteiger partial charge in [-0.25, -0.2) is 0 Å². The van der Waals surface area contributed by atoms with Gasteiger partial charge in [0.25, 0.3) is 0 Å². The minimum Gasteiger partial charge on any atom is -0.354 e. The van der Waals surface area contributed by atoms with Gasteiger partial charge in [-0.3, -0.25) is 4.98 Å². The molecule has 16 heavy (non-hydrogen) atoms. The summed E-state index contributed by atoms with van der Waals surface area (Å²) < 4.78 is 1.09. The van der Waals surface area contributed by atoms with Crippen LogP contribution >= 0.6 is 15.9 Å². The Labute approximate surface area is 101 Å². The minimum absolute atomic E-state index is 1.08. The van der Waals surface area contributed by atoms with Crippen molar-refractivity contribution in [3.8, 4) is 11.3 Å². The van der Waals surface area contributed by atoms with Gasteiger partial charge in [-0.05, 0) is 34.1 Å². The highest BCUT2D eigenvalue weighted by atomic mass is 79.9. The number of nitrogens with zero attached hydrogens (tertiary/aromatic N) is 1. The number of halogens is 1. The molecule has 0 amide bonds. The third-order valence-electron chi connectivity index (χ3n) is 2.59. The molecule has 2 heterocycles. The highest BCUT2D eigenvalue weighted by Gasteiger charge is 2.09. The number of aromatic nitrogens is 2. The average Bonchev–Trinajstić information content (AvgIpc) is 2.69. The molecule has 3 aromatic rings. The second-order valence-electron chi connectivity index (χ2n) is 3.60. The predicted molar refractivity (Wildman–Crippen MR) is 69.2 cm³/mol. The summed E-state index contributed by atoms with van der Waals surface area (Å²) in [5, 5.41) is 1.20. The van der Waals surface area contributed by atoms with Gasteiger partial charge in [0.15, 0.2) is 0 Å². The van der Waals surface area contributed by atoms with Crippen molar-refractivity contribution in [2.24, 2.45) is 0 Å². The van der Waals surface area contributed by atoms with Crippen LogP contribution in [0.4, 0.5) is 0 Å². The summed E-state index contributed by atoms with van der Waals surface area (Å²) in [4.78, 5) is 7.52.